The van der Waals surface area contributed by atoms with Crippen LogP contribution < -0.4 is 5.32 Å². The molecule has 0 bridgehead atoms. The zero-order valence-corrected chi connectivity index (χ0v) is 14.5. The molecule has 0 radical (unpaired) electrons. The van der Waals surface area contributed by atoms with Gasteiger partial charge in [0.05, 0.1) is 24.2 Å². The van der Waals surface area contributed by atoms with Crippen molar-refractivity contribution in [2.45, 2.75) is 18.2 Å². The van der Waals surface area contributed by atoms with Crippen LogP contribution in [0.5, 0.6) is 0 Å². The van der Waals surface area contributed by atoms with Gasteiger partial charge >= 0.3 is 5.97 Å². The van der Waals surface area contributed by atoms with Gasteiger partial charge in [0.1, 0.15) is 4.32 Å². The summed E-state index contributed by atoms with van der Waals surface area (Å²) in [5, 5.41) is 3.08. The number of rotatable bonds is 4. The molecule has 0 aliphatic carbocycles. The predicted octanol–water partition coefficient (Wildman–Crippen LogP) is 1.77. The number of hydrogen-bond donors (Lipinski definition) is 1. The molecule has 1 fully saturated rings. The Morgan fingerprint density at radius 1 is 1.41 bits per heavy atom. The number of ether oxygens (including phenoxy) is 1. The lowest BCUT2D eigenvalue weighted by Crippen LogP contribution is -2.32. The Balaban J connectivity index is 1.80. The monoisotopic (exact) mass is 359 g/mol. The van der Waals surface area contributed by atoms with Crippen molar-refractivity contribution >= 4 is 44.1 Å². The van der Waals surface area contributed by atoms with Crippen LogP contribution in [0, 0.1) is 0 Å². The average Bonchev–Trinajstić information content (AvgIpc) is 2.83. The first kappa shape index (κ1) is 17.2. The Morgan fingerprint density at radius 3 is 2.64 bits per heavy atom. The van der Waals surface area contributed by atoms with Gasteiger partial charge in [0.2, 0.25) is 0 Å². The van der Waals surface area contributed by atoms with Gasteiger partial charge in [0.25, 0.3) is 0 Å². The average molecular weight is 359 g/mol. The number of nitrogens with one attached hydrogen (secondary N) is 1. The van der Waals surface area contributed by atoms with Gasteiger partial charge in [-0.2, -0.15) is 0 Å². The van der Waals surface area contributed by atoms with E-state index in [1.807, 2.05) is 12.1 Å². The van der Waals surface area contributed by atoms with Gasteiger partial charge in [-0.05, 0) is 24.1 Å². The first-order valence-electron chi connectivity index (χ1n) is 6.70. The number of thiocarbonyl (C=S) groups is 1. The third-order valence-corrected chi connectivity index (χ3v) is 6.40. The maximum atomic E-state index is 11.4. The molecule has 22 heavy (non-hydrogen) atoms. The number of carbonyl (C=O) groups excluding carboxylic acids is 1. The van der Waals surface area contributed by atoms with E-state index < -0.39 is 9.84 Å². The molecule has 5 nitrogen and oxygen atoms in total. The fraction of sp³-hybridized carbons (Fsp3) is 0.429. The number of thioether (sulfide) groups is 1. The summed E-state index contributed by atoms with van der Waals surface area (Å²) in [5.74, 6) is 0.681. The van der Waals surface area contributed by atoms with E-state index in [4.69, 9.17) is 12.2 Å². The van der Waals surface area contributed by atoms with Crippen molar-refractivity contribution in [1.82, 2.24) is 5.32 Å². The Bertz CT molecular complexity index is 655. The van der Waals surface area contributed by atoms with Crippen molar-refractivity contribution in [3.05, 3.63) is 35.4 Å². The minimum absolute atomic E-state index is 0.0771. The summed E-state index contributed by atoms with van der Waals surface area (Å²) in [6.45, 7) is 0. The molecule has 0 spiro atoms. The van der Waals surface area contributed by atoms with Gasteiger partial charge in [-0.3, -0.25) is 0 Å². The molecule has 1 aromatic carbocycles. The van der Waals surface area contributed by atoms with Gasteiger partial charge in [0.15, 0.2) is 9.84 Å². The van der Waals surface area contributed by atoms with Crippen molar-refractivity contribution in [2.24, 2.45) is 0 Å². The minimum atomic E-state index is -2.90. The number of benzene rings is 1. The van der Waals surface area contributed by atoms with Crippen molar-refractivity contribution in [2.75, 3.05) is 18.6 Å². The second-order valence-electron chi connectivity index (χ2n) is 5.01. The van der Waals surface area contributed by atoms with Crippen LogP contribution in [0.4, 0.5) is 0 Å². The van der Waals surface area contributed by atoms with E-state index in [2.05, 4.69) is 10.1 Å². The number of carbonyl (C=O) groups is 1. The first-order valence-corrected chi connectivity index (χ1v) is 9.92. The molecule has 1 aromatic rings. The molecule has 120 valence electrons. The first-order chi connectivity index (χ1) is 10.4. The highest BCUT2D eigenvalue weighted by Crippen LogP contribution is 2.17. The second-order valence-corrected chi connectivity index (χ2v) is 8.89. The molecule has 0 saturated carbocycles. The highest BCUT2D eigenvalue weighted by Gasteiger charge is 2.28. The maximum absolute atomic E-state index is 11.4. The van der Waals surface area contributed by atoms with Crippen LogP contribution in [0.15, 0.2) is 24.3 Å². The molecule has 1 heterocycles. The molecule has 1 saturated heterocycles. The Kier molecular flexibility index (Phi) is 5.82. The topological polar surface area (TPSA) is 72.5 Å². The third kappa shape index (κ3) is 4.96. The van der Waals surface area contributed by atoms with E-state index in [1.165, 1.54) is 18.9 Å². The van der Waals surface area contributed by atoms with Crippen molar-refractivity contribution in [3.8, 4) is 0 Å². The van der Waals surface area contributed by atoms with Crippen molar-refractivity contribution < 1.29 is 17.9 Å². The highest BCUT2D eigenvalue weighted by atomic mass is 32.2. The molecule has 1 unspecified atom stereocenters. The quantitative estimate of drug-likeness (QED) is 0.649. The van der Waals surface area contributed by atoms with Crippen LogP contribution in [0.25, 0.3) is 0 Å². The van der Waals surface area contributed by atoms with E-state index >= 15 is 0 Å². The van der Waals surface area contributed by atoms with E-state index in [9.17, 15) is 13.2 Å². The Hall–Kier alpha value is -1.12. The minimum Gasteiger partial charge on any atom is -0.465 e. The van der Waals surface area contributed by atoms with Crippen LogP contribution in [-0.4, -0.2) is 43.4 Å². The lowest BCUT2D eigenvalue weighted by molar-refractivity contribution is 0.0600. The molecule has 2 rings (SSSR count). The molecule has 1 N–H and O–H groups in total. The summed E-state index contributed by atoms with van der Waals surface area (Å²) in [6.07, 6.45) is 0.608. The number of sulfone groups is 1. The van der Waals surface area contributed by atoms with E-state index in [1.54, 1.807) is 12.1 Å². The summed E-state index contributed by atoms with van der Waals surface area (Å²) in [4.78, 5) is 11.3. The number of esters is 1. The molecule has 1 aliphatic rings. The predicted molar refractivity (Wildman–Crippen MR) is 91.9 cm³/mol. The molecule has 1 atom stereocenters. The van der Waals surface area contributed by atoms with Crippen LogP contribution >= 0.6 is 24.0 Å². The van der Waals surface area contributed by atoms with Crippen molar-refractivity contribution in [1.29, 1.82) is 0 Å². The lowest BCUT2D eigenvalue weighted by Gasteiger charge is -2.12. The SMILES string of the molecule is COC(=O)c1ccc(CSC(=S)NC2CCS(=O)(=O)C2)cc1. The van der Waals surface area contributed by atoms with Gasteiger partial charge in [-0.25, -0.2) is 13.2 Å². The van der Waals surface area contributed by atoms with Crippen LogP contribution in [0.1, 0.15) is 22.3 Å². The van der Waals surface area contributed by atoms with Crippen molar-refractivity contribution in [3.63, 3.8) is 0 Å². The molecule has 0 amide bonds. The van der Waals surface area contributed by atoms with E-state index in [0.717, 1.165) is 5.56 Å². The van der Waals surface area contributed by atoms with E-state index in [0.29, 0.717) is 22.1 Å². The van der Waals surface area contributed by atoms with Crippen LogP contribution in [-0.2, 0) is 20.3 Å². The normalized spacial score (nSPS) is 19.6. The third-order valence-electron chi connectivity index (χ3n) is 3.30. The summed E-state index contributed by atoms with van der Waals surface area (Å²) < 4.78 is 28.0. The molecule has 1 aliphatic heterocycles. The van der Waals surface area contributed by atoms with E-state index in [-0.39, 0.29) is 23.5 Å². The van der Waals surface area contributed by atoms with Gasteiger partial charge in [-0.1, -0.05) is 36.1 Å². The second kappa shape index (κ2) is 7.43. The fourth-order valence-corrected chi connectivity index (χ4v) is 4.88. The molecule has 8 heteroatoms. The number of methoxy groups -OCH3 is 1. The fourth-order valence-electron chi connectivity index (χ4n) is 2.12. The molecular weight excluding hydrogens is 342 g/mol. The molecule has 0 aromatic heterocycles. The largest absolute Gasteiger partial charge is 0.465 e. The maximum Gasteiger partial charge on any atom is 0.337 e. The van der Waals surface area contributed by atoms with Gasteiger partial charge < -0.3 is 10.1 Å². The summed E-state index contributed by atoms with van der Waals surface area (Å²) in [7, 11) is -1.55. The highest BCUT2D eigenvalue weighted by molar-refractivity contribution is 8.22. The van der Waals surface area contributed by atoms with Crippen LogP contribution in [0.3, 0.4) is 0 Å². The Morgan fingerprint density at radius 2 is 2.09 bits per heavy atom. The summed E-state index contributed by atoms with van der Waals surface area (Å²) in [5.41, 5.74) is 1.54. The summed E-state index contributed by atoms with van der Waals surface area (Å²) in [6, 6.07) is 7.04. The standard InChI is InChI=1S/C14H17NO4S3/c1-19-13(16)11-4-2-10(3-5-11)8-21-14(20)15-12-6-7-22(17,18)9-12/h2-5,12H,6-9H2,1H3,(H,15,20). The Labute approximate surface area is 139 Å². The molecular formula is C14H17NO4S3. The van der Waals surface area contributed by atoms with Crippen LogP contribution in [0.2, 0.25) is 0 Å². The zero-order chi connectivity index (χ0) is 16.2. The smallest absolute Gasteiger partial charge is 0.337 e. The number of hydrogen-bond acceptors (Lipinski definition) is 6. The van der Waals surface area contributed by atoms with Gasteiger partial charge in [0, 0.05) is 11.8 Å². The summed E-state index contributed by atoms with van der Waals surface area (Å²) >= 11 is 6.68. The van der Waals surface area contributed by atoms with Gasteiger partial charge in [-0.15, -0.1) is 0 Å². The lowest BCUT2D eigenvalue weighted by atomic mass is 10.1. The zero-order valence-electron chi connectivity index (χ0n) is 12.1.